The maximum Gasteiger partial charge on any atom is 0.223 e. The van der Waals surface area contributed by atoms with Gasteiger partial charge in [-0.3, -0.25) is 4.79 Å². The fourth-order valence-electron chi connectivity index (χ4n) is 2.36. The summed E-state index contributed by atoms with van der Waals surface area (Å²) < 4.78 is 5.24. The molecule has 1 aliphatic rings. The molecule has 0 aromatic carbocycles. The van der Waals surface area contributed by atoms with E-state index in [2.05, 4.69) is 18.5 Å². The highest BCUT2D eigenvalue weighted by atomic mass is 16.5. The summed E-state index contributed by atoms with van der Waals surface area (Å²) in [6, 6.07) is -0.334. The Labute approximate surface area is 115 Å². The van der Waals surface area contributed by atoms with E-state index in [1.54, 1.807) is 12.2 Å². The van der Waals surface area contributed by atoms with Gasteiger partial charge < -0.3 is 15.2 Å². The first kappa shape index (κ1) is 15.9. The number of nitrogens with one attached hydrogen (secondary N) is 1. The van der Waals surface area contributed by atoms with Crippen molar-refractivity contribution in [3.8, 4) is 0 Å². The van der Waals surface area contributed by atoms with Crippen molar-refractivity contribution in [2.75, 3.05) is 13.2 Å². The Bertz CT molecular complexity index is 311. The van der Waals surface area contributed by atoms with Crippen molar-refractivity contribution in [1.82, 2.24) is 5.32 Å². The van der Waals surface area contributed by atoms with Crippen LogP contribution in [-0.2, 0) is 9.53 Å². The van der Waals surface area contributed by atoms with Crippen molar-refractivity contribution in [2.24, 2.45) is 5.92 Å². The lowest BCUT2D eigenvalue weighted by atomic mass is 9.87. The van der Waals surface area contributed by atoms with Gasteiger partial charge in [0.2, 0.25) is 5.91 Å². The number of amides is 1. The van der Waals surface area contributed by atoms with Crippen LogP contribution < -0.4 is 5.32 Å². The fourth-order valence-corrected chi connectivity index (χ4v) is 2.36. The summed E-state index contributed by atoms with van der Waals surface area (Å²) in [7, 11) is 0. The summed E-state index contributed by atoms with van der Waals surface area (Å²) in [6.45, 7) is 10.4. The molecule has 1 amide bonds. The van der Waals surface area contributed by atoms with Gasteiger partial charge in [0.05, 0.1) is 11.6 Å². The lowest BCUT2D eigenvalue weighted by molar-refractivity contribution is -0.130. The molecule has 2 N–H and O–H groups in total. The number of carbonyl (C=O) groups is 1. The van der Waals surface area contributed by atoms with Gasteiger partial charge in [0.15, 0.2) is 0 Å². The molecule has 1 atom stereocenters. The number of carbonyl (C=O) groups excluding carboxylic acids is 1. The van der Waals surface area contributed by atoms with E-state index in [-0.39, 0.29) is 17.9 Å². The molecule has 4 heteroatoms. The molecule has 0 aliphatic carbocycles. The molecule has 1 saturated heterocycles. The van der Waals surface area contributed by atoms with Crippen LogP contribution in [0, 0.1) is 5.92 Å². The Morgan fingerprint density at radius 1 is 1.42 bits per heavy atom. The van der Waals surface area contributed by atoms with E-state index in [9.17, 15) is 9.90 Å². The summed E-state index contributed by atoms with van der Waals surface area (Å²) in [5, 5.41) is 13.5. The lowest BCUT2D eigenvalue weighted by Crippen LogP contribution is -2.52. The lowest BCUT2D eigenvalue weighted by Gasteiger charge is -2.34. The molecule has 0 saturated carbocycles. The number of hydrogen-bond acceptors (Lipinski definition) is 3. The van der Waals surface area contributed by atoms with Crippen LogP contribution >= 0.6 is 0 Å². The average molecular weight is 267 g/mol. The van der Waals surface area contributed by atoms with E-state index in [1.165, 1.54) is 0 Å². The minimum Gasteiger partial charge on any atom is -0.387 e. The van der Waals surface area contributed by atoms with E-state index in [0.29, 0.717) is 26.1 Å². The Kier molecular flexibility index (Phi) is 6.25. The van der Waals surface area contributed by atoms with Gasteiger partial charge in [-0.2, -0.15) is 0 Å². The molecule has 0 aromatic heterocycles. The van der Waals surface area contributed by atoms with Crippen molar-refractivity contribution in [1.29, 1.82) is 0 Å². The molecule has 1 heterocycles. The van der Waals surface area contributed by atoms with Crippen molar-refractivity contribution >= 4 is 5.91 Å². The highest BCUT2D eigenvalue weighted by Gasteiger charge is 2.33. The Morgan fingerprint density at radius 2 is 1.95 bits per heavy atom. The topological polar surface area (TPSA) is 58.6 Å². The highest BCUT2D eigenvalue weighted by Crippen LogP contribution is 2.22. The largest absolute Gasteiger partial charge is 0.387 e. The maximum atomic E-state index is 12.1. The maximum absolute atomic E-state index is 12.1. The third-order valence-electron chi connectivity index (χ3n) is 3.75. The van der Waals surface area contributed by atoms with E-state index in [0.717, 1.165) is 12.8 Å². The first-order valence-corrected chi connectivity index (χ1v) is 6.86. The smallest absolute Gasteiger partial charge is 0.223 e. The van der Waals surface area contributed by atoms with Crippen LogP contribution in [0.4, 0.5) is 0 Å². The minimum absolute atomic E-state index is 0.00218. The predicted molar refractivity (Wildman–Crippen MR) is 75.7 cm³/mol. The summed E-state index contributed by atoms with van der Waals surface area (Å²) in [5.41, 5.74) is -1.01. The molecule has 0 bridgehead atoms. The van der Waals surface area contributed by atoms with Crippen LogP contribution in [0.25, 0.3) is 0 Å². The second-order valence-corrected chi connectivity index (χ2v) is 5.21. The van der Waals surface area contributed by atoms with Crippen molar-refractivity contribution in [3.63, 3.8) is 0 Å². The van der Waals surface area contributed by atoms with Crippen LogP contribution in [0.5, 0.6) is 0 Å². The predicted octanol–water partition coefficient (Wildman–Crippen LogP) is 1.80. The molecule has 4 nitrogen and oxygen atoms in total. The highest BCUT2D eigenvalue weighted by molar-refractivity contribution is 5.79. The normalized spacial score (nSPS) is 18.6. The van der Waals surface area contributed by atoms with Gasteiger partial charge in [-0.05, 0) is 32.6 Å². The van der Waals surface area contributed by atoms with Gasteiger partial charge in [-0.1, -0.05) is 12.2 Å². The molecule has 1 fully saturated rings. The molecule has 19 heavy (non-hydrogen) atoms. The van der Waals surface area contributed by atoms with Gasteiger partial charge in [0.1, 0.15) is 0 Å². The quantitative estimate of drug-likeness (QED) is 0.692. The zero-order valence-corrected chi connectivity index (χ0v) is 11.7. The van der Waals surface area contributed by atoms with Gasteiger partial charge in [-0.25, -0.2) is 0 Å². The third-order valence-corrected chi connectivity index (χ3v) is 3.75. The van der Waals surface area contributed by atoms with Gasteiger partial charge in [0.25, 0.3) is 0 Å². The van der Waals surface area contributed by atoms with Crippen molar-refractivity contribution in [2.45, 2.75) is 44.2 Å². The second kappa shape index (κ2) is 7.46. The summed E-state index contributed by atoms with van der Waals surface area (Å²) >= 11 is 0. The summed E-state index contributed by atoms with van der Waals surface area (Å²) in [5.74, 6) is -0.00439. The Balaban J connectivity index is 2.59. The first-order valence-electron chi connectivity index (χ1n) is 6.86. The van der Waals surface area contributed by atoms with E-state index >= 15 is 0 Å². The SMILES string of the molecule is C=CCC(O)(CC=C)C(C)NC(=O)C1CCOCC1. The van der Waals surface area contributed by atoms with Gasteiger partial charge in [0, 0.05) is 19.1 Å². The molecule has 0 spiro atoms. The number of hydrogen-bond donors (Lipinski definition) is 2. The number of aliphatic hydroxyl groups is 1. The average Bonchev–Trinajstić information content (AvgIpc) is 2.40. The standard InChI is InChI=1S/C15H25NO3/c1-4-8-15(18,9-5-2)12(3)16-14(17)13-6-10-19-11-7-13/h4-5,12-13,18H,1-2,6-11H2,3H3,(H,16,17). The molecule has 0 aromatic rings. The zero-order chi connectivity index (χ0) is 14.3. The summed E-state index contributed by atoms with van der Waals surface area (Å²) in [6.07, 6.45) is 5.68. The van der Waals surface area contributed by atoms with Crippen LogP contribution in [-0.4, -0.2) is 35.9 Å². The third kappa shape index (κ3) is 4.48. The first-order chi connectivity index (χ1) is 9.03. The molecule has 0 radical (unpaired) electrons. The monoisotopic (exact) mass is 267 g/mol. The van der Waals surface area contributed by atoms with Crippen LogP contribution in [0.2, 0.25) is 0 Å². The Hall–Kier alpha value is -1.13. The molecule has 1 unspecified atom stereocenters. The zero-order valence-electron chi connectivity index (χ0n) is 11.7. The second-order valence-electron chi connectivity index (χ2n) is 5.21. The van der Waals surface area contributed by atoms with Crippen molar-refractivity contribution < 1.29 is 14.6 Å². The molecule has 1 aliphatic heterocycles. The van der Waals surface area contributed by atoms with Crippen LogP contribution in [0.1, 0.15) is 32.6 Å². The molecule has 108 valence electrons. The molecule has 1 rings (SSSR count). The fraction of sp³-hybridized carbons (Fsp3) is 0.667. The van der Waals surface area contributed by atoms with E-state index in [1.807, 2.05) is 6.92 Å². The van der Waals surface area contributed by atoms with Gasteiger partial charge >= 0.3 is 0 Å². The van der Waals surface area contributed by atoms with E-state index < -0.39 is 5.60 Å². The van der Waals surface area contributed by atoms with Crippen LogP contribution in [0.3, 0.4) is 0 Å². The Morgan fingerprint density at radius 3 is 2.42 bits per heavy atom. The number of rotatable bonds is 7. The molecular formula is C15H25NO3. The minimum atomic E-state index is -1.01. The number of ether oxygens (including phenoxy) is 1. The van der Waals surface area contributed by atoms with Crippen molar-refractivity contribution in [3.05, 3.63) is 25.3 Å². The summed E-state index contributed by atoms with van der Waals surface area (Å²) in [4.78, 5) is 12.1. The van der Waals surface area contributed by atoms with Gasteiger partial charge in [-0.15, -0.1) is 13.2 Å². The van der Waals surface area contributed by atoms with E-state index in [4.69, 9.17) is 4.74 Å². The van der Waals surface area contributed by atoms with Crippen LogP contribution in [0.15, 0.2) is 25.3 Å². The molecular weight excluding hydrogens is 242 g/mol.